The molecule has 4 heterocycles. The number of piperidine rings is 1. The first-order chi connectivity index (χ1) is 19.8. The van der Waals surface area contributed by atoms with E-state index >= 15 is 0 Å². The van der Waals surface area contributed by atoms with Crippen LogP contribution in [0.3, 0.4) is 0 Å². The van der Waals surface area contributed by atoms with E-state index in [1.807, 2.05) is 36.4 Å². The summed E-state index contributed by atoms with van der Waals surface area (Å²) in [6, 6.07) is 7.68. The highest BCUT2D eigenvalue weighted by molar-refractivity contribution is 6.02. The molecule has 1 aromatic rings. The minimum atomic E-state index is -1.11. The average Bonchev–Trinajstić information content (AvgIpc) is 3.60. The highest BCUT2D eigenvalue weighted by Gasteiger charge is 2.72. The molecule has 1 aliphatic carbocycles. The number of anilines is 1. The van der Waals surface area contributed by atoms with Crippen LogP contribution in [0.25, 0.3) is 0 Å². The van der Waals surface area contributed by atoms with E-state index in [9.17, 15) is 14.4 Å². The summed E-state index contributed by atoms with van der Waals surface area (Å²) in [5.41, 5.74) is 0.787. The quantitative estimate of drug-likeness (QED) is 0.463. The van der Waals surface area contributed by atoms with Crippen molar-refractivity contribution >= 4 is 23.4 Å². The van der Waals surface area contributed by atoms with E-state index in [2.05, 4.69) is 36.3 Å². The molecule has 5 aliphatic rings. The Bertz CT molecular complexity index is 1180. The third-order valence-corrected chi connectivity index (χ3v) is 10.3. The molecular weight excluding hydrogens is 516 g/mol. The maximum absolute atomic E-state index is 14.3. The summed E-state index contributed by atoms with van der Waals surface area (Å²) in [6.45, 7) is 8.70. The molecule has 2 bridgehead atoms. The molecule has 4 fully saturated rings. The zero-order chi connectivity index (χ0) is 28.7. The van der Waals surface area contributed by atoms with Crippen LogP contribution in [0.4, 0.5) is 5.69 Å². The van der Waals surface area contributed by atoms with Crippen LogP contribution >= 0.6 is 0 Å². The smallest absolute Gasteiger partial charge is 0.246 e. The van der Waals surface area contributed by atoms with Crippen molar-refractivity contribution in [2.24, 2.45) is 11.8 Å². The Morgan fingerprint density at radius 3 is 2.44 bits per heavy atom. The number of likely N-dealkylation sites (tertiary alicyclic amines) is 2. The molecule has 4 aliphatic heterocycles. The van der Waals surface area contributed by atoms with Crippen molar-refractivity contribution in [1.29, 1.82) is 0 Å². The van der Waals surface area contributed by atoms with Crippen molar-refractivity contribution in [2.45, 2.75) is 108 Å². The lowest BCUT2D eigenvalue weighted by atomic mass is 9.74. The monoisotopic (exact) mass is 562 g/mol. The van der Waals surface area contributed by atoms with Gasteiger partial charge in [0.15, 0.2) is 0 Å². The predicted octanol–water partition coefficient (Wildman–Crippen LogP) is 4.22. The van der Waals surface area contributed by atoms with Gasteiger partial charge in [0.2, 0.25) is 17.7 Å². The molecule has 0 aromatic heterocycles. The second kappa shape index (κ2) is 11.5. The summed E-state index contributed by atoms with van der Waals surface area (Å²) >= 11 is 0. The zero-order valence-corrected chi connectivity index (χ0v) is 24.8. The molecule has 222 valence electrons. The second-order valence-electron chi connectivity index (χ2n) is 13.2. The summed E-state index contributed by atoms with van der Waals surface area (Å²) in [4.78, 5) is 46.2. The zero-order valence-electron chi connectivity index (χ0n) is 24.8. The van der Waals surface area contributed by atoms with E-state index in [0.717, 1.165) is 51.6 Å². The van der Waals surface area contributed by atoms with Crippen LogP contribution in [-0.2, 0) is 19.1 Å². The second-order valence-corrected chi connectivity index (χ2v) is 13.2. The minimum absolute atomic E-state index is 0.126. The van der Waals surface area contributed by atoms with Gasteiger partial charge in [-0.1, -0.05) is 63.8 Å². The number of nitrogens with one attached hydrogen (secondary N) is 2. The molecule has 1 spiro atoms. The first-order valence-corrected chi connectivity index (χ1v) is 15.9. The molecule has 8 nitrogen and oxygen atoms in total. The Balaban J connectivity index is 1.25. The van der Waals surface area contributed by atoms with E-state index in [1.165, 1.54) is 18.4 Å². The van der Waals surface area contributed by atoms with Crippen molar-refractivity contribution in [1.82, 2.24) is 15.1 Å². The van der Waals surface area contributed by atoms with Gasteiger partial charge in [-0.25, -0.2) is 0 Å². The number of hydrogen-bond acceptors (Lipinski definition) is 5. The fourth-order valence-electron chi connectivity index (χ4n) is 7.94. The van der Waals surface area contributed by atoms with Crippen LogP contribution < -0.4 is 10.6 Å². The molecular formula is C33H46N4O4. The first-order valence-electron chi connectivity index (χ1n) is 15.9. The number of carbonyl (C=O) groups is 3. The van der Waals surface area contributed by atoms with Gasteiger partial charge in [-0.15, -0.1) is 0 Å². The summed E-state index contributed by atoms with van der Waals surface area (Å²) in [5, 5.41) is 6.33. The molecule has 2 N–H and O–H groups in total. The Morgan fingerprint density at radius 1 is 1.00 bits per heavy atom. The molecule has 6 atom stereocenters. The van der Waals surface area contributed by atoms with Gasteiger partial charge in [0.1, 0.15) is 11.6 Å². The predicted molar refractivity (Wildman–Crippen MR) is 158 cm³/mol. The van der Waals surface area contributed by atoms with Gasteiger partial charge in [-0.3, -0.25) is 19.3 Å². The summed E-state index contributed by atoms with van der Waals surface area (Å²) < 4.78 is 6.53. The lowest BCUT2D eigenvalue weighted by Crippen LogP contribution is -2.57. The molecule has 1 saturated carbocycles. The number of carbonyl (C=O) groups excluding carboxylic acids is 3. The summed E-state index contributed by atoms with van der Waals surface area (Å²) in [6.07, 6.45) is 12.2. The lowest BCUT2D eigenvalue weighted by Gasteiger charge is -2.37. The standard InChI is InChI=1S/C33H46N4O4/c1-21(2)23-12-14-25(15-13-23)34-30(38)27-26-16-17-33(41-26)28(27)32(40)37(20-19-36-18-8-7-9-22(36)3)29(33)31(39)35-24-10-5-4-6-11-24/h12-17,21-22,24,26-29H,4-11,18-20H2,1-3H3,(H,34,38)(H,35,39)/t22-,26-,27+,28-,29-,33-/m1/s1. The molecule has 0 unspecified atom stereocenters. The van der Waals surface area contributed by atoms with Crippen molar-refractivity contribution in [3.8, 4) is 0 Å². The molecule has 1 aromatic carbocycles. The largest absolute Gasteiger partial charge is 0.359 e. The molecule has 3 saturated heterocycles. The Morgan fingerprint density at radius 2 is 1.73 bits per heavy atom. The van der Waals surface area contributed by atoms with E-state index < -0.39 is 29.6 Å². The van der Waals surface area contributed by atoms with Crippen LogP contribution in [0.15, 0.2) is 36.4 Å². The lowest BCUT2D eigenvalue weighted by molar-refractivity contribution is -0.141. The van der Waals surface area contributed by atoms with E-state index in [1.54, 1.807) is 4.90 Å². The van der Waals surface area contributed by atoms with Crippen LogP contribution in [0.2, 0.25) is 0 Å². The van der Waals surface area contributed by atoms with E-state index in [0.29, 0.717) is 24.2 Å². The third kappa shape index (κ3) is 5.22. The average molecular weight is 563 g/mol. The van der Waals surface area contributed by atoms with Crippen LogP contribution in [-0.4, -0.2) is 77.0 Å². The Labute approximate surface area is 244 Å². The number of benzene rings is 1. The maximum Gasteiger partial charge on any atom is 0.246 e. The highest BCUT2D eigenvalue weighted by atomic mass is 16.5. The van der Waals surface area contributed by atoms with E-state index in [4.69, 9.17) is 4.74 Å². The summed E-state index contributed by atoms with van der Waals surface area (Å²) in [7, 11) is 0. The SMILES string of the molecule is CC(C)c1ccc(NC(=O)[C@H]2[C@H]3C=C[C@@]4(O3)[C@H]2C(=O)N(CCN2CCCC[C@H]2C)[C@@H]4C(=O)NC2CCCCC2)cc1. The molecule has 41 heavy (non-hydrogen) atoms. The van der Waals surface area contributed by atoms with Crippen molar-refractivity contribution in [3.63, 3.8) is 0 Å². The van der Waals surface area contributed by atoms with Crippen molar-refractivity contribution < 1.29 is 19.1 Å². The van der Waals surface area contributed by atoms with Gasteiger partial charge < -0.3 is 20.3 Å². The van der Waals surface area contributed by atoms with Gasteiger partial charge in [0, 0.05) is 30.9 Å². The minimum Gasteiger partial charge on any atom is -0.359 e. The van der Waals surface area contributed by atoms with Crippen LogP contribution in [0.5, 0.6) is 0 Å². The molecule has 8 heteroatoms. The van der Waals surface area contributed by atoms with Gasteiger partial charge in [-0.05, 0) is 62.8 Å². The highest BCUT2D eigenvalue weighted by Crippen LogP contribution is 2.55. The number of hydrogen-bond donors (Lipinski definition) is 2. The first kappa shape index (κ1) is 28.4. The Hall–Kier alpha value is -2.71. The van der Waals surface area contributed by atoms with Gasteiger partial charge in [-0.2, -0.15) is 0 Å². The number of ether oxygens (including phenoxy) is 1. The third-order valence-electron chi connectivity index (χ3n) is 10.3. The number of nitrogens with zero attached hydrogens (tertiary/aromatic N) is 2. The fraction of sp³-hybridized carbons (Fsp3) is 0.667. The van der Waals surface area contributed by atoms with Crippen molar-refractivity contribution in [2.75, 3.05) is 25.0 Å². The van der Waals surface area contributed by atoms with Crippen LogP contribution in [0, 0.1) is 11.8 Å². The molecule has 3 amide bonds. The van der Waals surface area contributed by atoms with Gasteiger partial charge in [0.25, 0.3) is 0 Å². The molecule has 0 radical (unpaired) electrons. The Kier molecular flexibility index (Phi) is 7.98. The van der Waals surface area contributed by atoms with E-state index in [-0.39, 0.29) is 23.8 Å². The normalized spacial score (nSPS) is 33.4. The fourth-order valence-corrected chi connectivity index (χ4v) is 7.94. The molecule has 6 rings (SSSR count). The van der Waals surface area contributed by atoms with Crippen molar-refractivity contribution in [3.05, 3.63) is 42.0 Å². The summed E-state index contributed by atoms with van der Waals surface area (Å²) in [5.74, 6) is -1.50. The van der Waals surface area contributed by atoms with Gasteiger partial charge >= 0.3 is 0 Å². The number of amides is 3. The van der Waals surface area contributed by atoms with Crippen LogP contribution in [0.1, 0.15) is 83.6 Å². The number of fused-ring (bicyclic) bond motifs is 1. The number of rotatable bonds is 8. The maximum atomic E-state index is 14.3. The van der Waals surface area contributed by atoms with Gasteiger partial charge in [0.05, 0.1) is 17.9 Å². The topological polar surface area (TPSA) is 91.0 Å².